The van der Waals surface area contributed by atoms with Crippen molar-refractivity contribution in [2.24, 2.45) is 5.92 Å². The third-order valence-corrected chi connectivity index (χ3v) is 3.20. The van der Waals surface area contributed by atoms with E-state index in [1.165, 1.54) is 12.8 Å². The number of nitrogens with zero attached hydrogens (tertiary/aromatic N) is 2. The number of aromatic nitrogens is 2. The molecule has 1 fully saturated rings. The molecule has 0 radical (unpaired) electrons. The van der Waals surface area contributed by atoms with E-state index in [1.54, 1.807) is 6.20 Å². The number of aliphatic hydroxyl groups is 1. The molecule has 1 N–H and O–H groups in total. The van der Waals surface area contributed by atoms with Crippen LogP contribution in [0.15, 0.2) is 12.4 Å². The lowest BCUT2D eigenvalue weighted by molar-refractivity contribution is -0.0462. The maximum atomic E-state index is 10.3. The van der Waals surface area contributed by atoms with Gasteiger partial charge in [-0.2, -0.15) is 5.10 Å². The van der Waals surface area contributed by atoms with Crippen molar-refractivity contribution in [2.75, 3.05) is 6.61 Å². The summed E-state index contributed by atoms with van der Waals surface area (Å²) in [6.07, 6.45) is 6.49. The summed E-state index contributed by atoms with van der Waals surface area (Å²) < 4.78 is 7.55. The average molecular weight is 238 g/mol. The normalized spacial score (nSPS) is 19.2. The monoisotopic (exact) mass is 238 g/mol. The molecule has 0 amide bonds. The first-order valence-electron chi connectivity index (χ1n) is 6.58. The van der Waals surface area contributed by atoms with E-state index in [9.17, 15) is 5.11 Å². The molecule has 1 aromatic heterocycles. The zero-order valence-electron chi connectivity index (χ0n) is 10.7. The van der Waals surface area contributed by atoms with E-state index in [-0.39, 0.29) is 6.10 Å². The van der Waals surface area contributed by atoms with E-state index >= 15 is 0 Å². The molecule has 0 aliphatic heterocycles. The van der Waals surface area contributed by atoms with Crippen molar-refractivity contribution in [1.29, 1.82) is 0 Å². The van der Waals surface area contributed by atoms with Crippen LogP contribution in [0, 0.1) is 5.92 Å². The van der Waals surface area contributed by atoms with E-state index in [1.807, 2.05) is 17.8 Å². The molecule has 1 aliphatic rings. The lowest BCUT2D eigenvalue weighted by Gasteiger charge is -2.21. The smallest absolute Gasteiger partial charge is 0.108 e. The van der Waals surface area contributed by atoms with E-state index in [2.05, 4.69) is 12.0 Å². The van der Waals surface area contributed by atoms with Crippen LogP contribution < -0.4 is 0 Å². The van der Waals surface area contributed by atoms with Crippen molar-refractivity contribution in [3.8, 4) is 0 Å². The van der Waals surface area contributed by atoms with Crippen LogP contribution in [0.3, 0.4) is 0 Å². The van der Waals surface area contributed by atoms with E-state index in [0.29, 0.717) is 12.5 Å². The Bertz CT molecular complexity index is 347. The molecule has 1 heterocycles. The average Bonchev–Trinajstić information content (AvgIpc) is 3.06. The van der Waals surface area contributed by atoms with E-state index in [0.717, 1.165) is 18.5 Å². The molecule has 4 nitrogen and oxygen atoms in total. The van der Waals surface area contributed by atoms with Gasteiger partial charge < -0.3 is 9.84 Å². The van der Waals surface area contributed by atoms with Gasteiger partial charge in [-0.3, -0.25) is 4.68 Å². The maximum Gasteiger partial charge on any atom is 0.108 e. The van der Waals surface area contributed by atoms with Gasteiger partial charge >= 0.3 is 0 Å². The fourth-order valence-corrected chi connectivity index (χ4v) is 2.18. The molecule has 0 spiro atoms. The Morgan fingerprint density at radius 3 is 2.88 bits per heavy atom. The number of ether oxygens (including phenoxy) is 1. The predicted octanol–water partition coefficient (Wildman–Crippen LogP) is 2.14. The highest BCUT2D eigenvalue weighted by molar-refractivity contribution is 5.11. The third kappa shape index (κ3) is 3.07. The Balaban J connectivity index is 2.02. The second-order valence-electron chi connectivity index (χ2n) is 4.74. The van der Waals surface area contributed by atoms with Crippen LogP contribution in [0.2, 0.25) is 0 Å². The number of aryl methyl sites for hydroxylation is 1. The molecule has 17 heavy (non-hydrogen) atoms. The molecule has 0 saturated heterocycles. The first-order chi connectivity index (χ1) is 8.26. The molecular weight excluding hydrogens is 216 g/mol. The van der Waals surface area contributed by atoms with Gasteiger partial charge in [-0.25, -0.2) is 0 Å². The van der Waals surface area contributed by atoms with Crippen LogP contribution in [-0.2, 0) is 11.3 Å². The second kappa shape index (κ2) is 5.65. The number of hydrogen-bond donors (Lipinski definition) is 1. The van der Waals surface area contributed by atoms with Gasteiger partial charge in [0.2, 0.25) is 0 Å². The molecular formula is C13H22N2O2. The van der Waals surface area contributed by atoms with Crippen LogP contribution >= 0.6 is 0 Å². The zero-order valence-corrected chi connectivity index (χ0v) is 10.7. The number of hydrogen-bond acceptors (Lipinski definition) is 3. The summed E-state index contributed by atoms with van der Waals surface area (Å²) in [5.74, 6) is 0.527. The van der Waals surface area contributed by atoms with Gasteiger partial charge in [0, 0.05) is 24.9 Å². The van der Waals surface area contributed by atoms with Gasteiger partial charge in [-0.05, 0) is 32.1 Å². The summed E-state index contributed by atoms with van der Waals surface area (Å²) >= 11 is 0. The molecule has 0 bridgehead atoms. The molecule has 96 valence electrons. The highest BCUT2D eigenvalue weighted by Crippen LogP contribution is 2.39. The zero-order chi connectivity index (χ0) is 12.3. The molecule has 2 atom stereocenters. The minimum absolute atomic E-state index is 0.0562. The van der Waals surface area contributed by atoms with Crippen molar-refractivity contribution in [1.82, 2.24) is 9.78 Å². The molecule has 1 aromatic rings. The molecule has 0 aromatic carbocycles. The van der Waals surface area contributed by atoms with Crippen molar-refractivity contribution >= 4 is 0 Å². The van der Waals surface area contributed by atoms with Crippen molar-refractivity contribution in [3.05, 3.63) is 18.0 Å². The standard InChI is InChI=1S/C13H22N2O2/c1-3-7-15-9-11(8-14-15)12(16)13(17-4-2)10-5-6-10/h8-10,12-13,16H,3-7H2,1-2H3. The van der Waals surface area contributed by atoms with Crippen molar-refractivity contribution < 1.29 is 9.84 Å². The molecule has 4 heteroatoms. The lowest BCUT2D eigenvalue weighted by atomic mass is 10.0. The Hall–Kier alpha value is -0.870. The second-order valence-corrected chi connectivity index (χ2v) is 4.74. The molecule has 2 rings (SSSR count). The Kier molecular flexibility index (Phi) is 4.18. The highest BCUT2D eigenvalue weighted by Gasteiger charge is 2.37. The Labute approximate surface area is 103 Å². The fraction of sp³-hybridized carbons (Fsp3) is 0.769. The van der Waals surface area contributed by atoms with Gasteiger partial charge in [-0.15, -0.1) is 0 Å². The summed E-state index contributed by atoms with van der Waals surface area (Å²) in [7, 11) is 0. The molecule has 2 unspecified atom stereocenters. The van der Waals surface area contributed by atoms with Crippen LogP contribution in [-0.4, -0.2) is 27.6 Å². The van der Waals surface area contributed by atoms with Crippen molar-refractivity contribution in [2.45, 2.75) is 51.9 Å². The number of rotatable bonds is 7. The fourth-order valence-electron chi connectivity index (χ4n) is 2.18. The van der Waals surface area contributed by atoms with E-state index in [4.69, 9.17) is 4.74 Å². The summed E-state index contributed by atoms with van der Waals surface area (Å²) in [5.41, 5.74) is 0.879. The summed E-state index contributed by atoms with van der Waals surface area (Å²) in [6, 6.07) is 0. The predicted molar refractivity (Wildman–Crippen MR) is 65.6 cm³/mol. The largest absolute Gasteiger partial charge is 0.386 e. The highest BCUT2D eigenvalue weighted by atomic mass is 16.5. The van der Waals surface area contributed by atoms with Gasteiger partial charge in [0.25, 0.3) is 0 Å². The minimum Gasteiger partial charge on any atom is -0.386 e. The topological polar surface area (TPSA) is 47.3 Å². The van der Waals surface area contributed by atoms with Crippen LogP contribution in [0.5, 0.6) is 0 Å². The van der Waals surface area contributed by atoms with Crippen molar-refractivity contribution in [3.63, 3.8) is 0 Å². The Morgan fingerprint density at radius 1 is 1.53 bits per heavy atom. The van der Waals surface area contributed by atoms with Crippen LogP contribution in [0.4, 0.5) is 0 Å². The SMILES string of the molecule is CCCn1cc(C(O)C(OCC)C2CC2)cn1. The quantitative estimate of drug-likeness (QED) is 0.791. The van der Waals surface area contributed by atoms with Gasteiger partial charge in [0.05, 0.1) is 12.3 Å². The first kappa shape index (κ1) is 12.6. The minimum atomic E-state index is -0.534. The summed E-state index contributed by atoms with van der Waals surface area (Å²) in [4.78, 5) is 0. The van der Waals surface area contributed by atoms with Gasteiger partial charge in [0.1, 0.15) is 6.10 Å². The van der Waals surface area contributed by atoms with Crippen LogP contribution in [0.25, 0.3) is 0 Å². The maximum absolute atomic E-state index is 10.3. The molecule has 1 aliphatic carbocycles. The summed E-state index contributed by atoms with van der Waals surface area (Å²) in [6.45, 7) is 5.64. The first-order valence-corrected chi connectivity index (χ1v) is 6.58. The van der Waals surface area contributed by atoms with Gasteiger partial charge in [0.15, 0.2) is 0 Å². The Morgan fingerprint density at radius 2 is 2.29 bits per heavy atom. The van der Waals surface area contributed by atoms with Crippen LogP contribution in [0.1, 0.15) is 44.8 Å². The van der Waals surface area contributed by atoms with Gasteiger partial charge in [-0.1, -0.05) is 6.92 Å². The lowest BCUT2D eigenvalue weighted by Crippen LogP contribution is -2.24. The number of aliphatic hydroxyl groups excluding tert-OH is 1. The third-order valence-electron chi connectivity index (χ3n) is 3.20. The van der Waals surface area contributed by atoms with E-state index < -0.39 is 6.10 Å². The summed E-state index contributed by atoms with van der Waals surface area (Å²) in [5, 5.41) is 14.6. The molecule has 1 saturated carbocycles.